The van der Waals surface area contributed by atoms with Gasteiger partial charge in [-0.3, -0.25) is 0 Å². The molecule has 2 aromatic carbocycles. The Morgan fingerprint density at radius 2 is 1.69 bits per heavy atom. The molecule has 6 aromatic rings. The monoisotopic (exact) mass is 684 g/mol. The van der Waals surface area contributed by atoms with Gasteiger partial charge in [0.15, 0.2) is 16.8 Å². The molecule has 0 fully saturated rings. The summed E-state index contributed by atoms with van der Waals surface area (Å²) in [5.74, 6) is 1.50. The molecule has 0 radical (unpaired) electrons. The first-order valence-electron chi connectivity index (χ1n) is 16.1. The molecular weight excluding hydrogens is 649 g/mol. The zero-order valence-electron chi connectivity index (χ0n) is 28.5. The molecule has 4 heterocycles. The lowest BCUT2D eigenvalue weighted by atomic mass is 9.90. The highest BCUT2D eigenvalue weighted by atomic mass is 32.1. The second-order valence-electron chi connectivity index (χ2n) is 13.3. The lowest BCUT2D eigenvalue weighted by molar-refractivity contribution is 0.559. The summed E-state index contributed by atoms with van der Waals surface area (Å²) >= 11 is 3.11. The number of hydrogen-bond acceptors (Lipinski definition) is 11. The molecule has 49 heavy (non-hydrogen) atoms. The van der Waals surface area contributed by atoms with Gasteiger partial charge in [0.05, 0.1) is 26.5 Å². The molecule has 2 N–H and O–H groups in total. The summed E-state index contributed by atoms with van der Waals surface area (Å²) in [7, 11) is 0. The molecule has 0 bridgehead atoms. The number of nitrogens with one attached hydrogen (secondary N) is 2. The van der Waals surface area contributed by atoms with E-state index in [-0.39, 0.29) is 0 Å². The molecule has 1 aliphatic rings. The fraction of sp³-hybridized carbons (Fsp3) is 0.270. The smallest absolute Gasteiger partial charge is 0.213 e. The fourth-order valence-electron chi connectivity index (χ4n) is 6.00. The van der Waals surface area contributed by atoms with E-state index in [0.717, 1.165) is 56.3 Å². The van der Waals surface area contributed by atoms with E-state index in [1.165, 1.54) is 21.8 Å². The topological polar surface area (TPSA) is 129 Å². The second kappa shape index (κ2) is 12.7. The molecule has 12 heteroatoms. The summed E-state index contributed by atoms with van der Waals surface area (Å²) in [4.78, 5) is 15.9. The van der Waals surface area contributed by atoms with Crippen LogP contribution in [0.2, 0.25) is 0 Å². The average Bonchev–Trinajstić information content (AvgIpc) is 3.76. The third-order valence-electron chi connectivity index (χ3n) is 8.28. The Labute approximate surface area is 293 Å². The van der Waals surface area contributed by atoms with Crippen molar-refractivity contribution in [2.45, 2.75) is 66.7 Å². The van der Waals surface area contributed by atoms with Crippen LogP contribution in [-0.4, -0.2) is 24.7 Å². The van der Waals surface area contributed by atoms with Gasteiger partial charge >= 0.3 is 0 Å². The van der Waals surface area contributed by atoms with E-state index in [0.29, 0.717) is 39.5 Å². The normalized spacial score (nSPS) is 12.9. The number of azo groups is 1. The SMILES string of the molecule is Cc1cc(C)c(Nc2nc(Nc3nc4c(s3)C=CCC4)cc(C)c2N=Nc2c(C#N)c(C(C)(C)C)nn2-c2nc3ccccc3s2)c(C)c1. The maximum absolute atomic E-state index is 10.4. The van der Waals surface area contributed by atoms with Crippen molar-refractivity contribution in [1.82, 2.24) is 24.7 Å². The fourth-order valence-corrected chi connectivity index (χ4v) is 7.86. The minimum atomic E-state index is -0.417. The van der Waals surface area contributed by atoms with Crippen molar-refractivity contribution in [3.05, 3.63) is 92.6 Å². The first-order valence-corrected chi connectivity index (χ1v) is 17.7. The van der Waals surface area contributed by atoms with Gasteiger partial charge in [0.2, 0.25) is 5.13 Å². The summed E-state index contributed by atoms with van der Waals surface area (Å²) in [5.41, 5.74) is 8.24. The van der Waals surface area contributed by atoms with Crippen LogP contribution < -0.4 is 10.6 Å². The Hall–Kier alpha value is -5.25. The molecule has 0 unspecified atom stereocenters. The Bertz CT molecular complexity index is 2290. The van der Waals surface area contributed by atoms with Crippen LogP contribution in [0.1, 0.15) is 71.3 Å². The van der Waals surface area contributed by atoms with Gasteiger partial charge in [0.1, 0.15) is 23.1 Å². The van der Waals surface area contributed by atoms with Crippen LogP contribution in [0.25, 0.3) is 21.4 Å². The quantitative estimate of drug-likeness (QED) is 0.160. The second-order valence-corrected chi connectivity index (χ2v) is 15.3. The van der Waals surface area contributed by atoms with Crippen molar-refractivity contribution in [2.75, 3.05) is 10.6 Å². The Balaban J connectivity index is 1.36. The van der Waals surface area contributed by atoms with Crippen molar-refractivity contribution in [3.63, 3.8) is 0 Å². The molecule has 0 atom stereocenters. The van der Waals surface area contributed by atoms with Crippen molar-refractivity contribution in [1.29, 1.82) is 5.26 Å². The molecule has 7 rings (SSSR count). The van der Waals surface area contributed by atoms with E-state index < -0.39 is 5.41 Å². The molecule has 10 nitrogen and oxygen atoms in total. The van der Waals surface area contributed by atoms with Gasteiger partial charge in [0, 0.05) is 11.1 Å². The van der Waals surface area contributed by atoms with Crippen LogP contribution >= 0.6 is 22.7 Å². The van der Waals surface area contributed by atoms with Gasteiger partial charge in [-0.05, 0) is 81.5 Å². The Morgan fingerprint density at radius 3 is 2.41 bits per heavy atom. The van der Waals surface area contributed by atoms with Gasteiger partial charge in [-0.2, -0.15) is 15.0 Å². The third kappa shape index (κ3) is 6.35. The minimum Gasteiger partial charge on any atom is -0.338 e. The number of aromatic nitrogens is 5. The summed E-state index contributed by atoms with van der Waals surface area (Å²) in [6.45, 7) is 14.3. The summed E-state index contributed by atoms with van der Waals surface area (Å²) in [5, 5.41) is 33.3. The third-order valence-corrected chi connectivity index (χ3v) is 10.3. The summed E-state index contributed by atoms with van der Waals surface area (Å²) in [6, 6.07) is 16.5. The molecule has 0 amide bonds. The maximum atomic E-state index is 10.4. The highest BCUT2D eigenvalue weighted by Gasteiger charge is 2.29. The van der Waals surface area contributed by atoms with E-state index in [4.69, 9.17) is 30.3 Å². The number of rotatable bonds is 7. The zero-order chi connectivity index (χ0) is 34.4. The Morgan fingerprint density at radius 1 is 0.918 bits per heavy atom. The predicted molar refractivity (Wildman–Crippen MR) is 200 cm³/mol. The van der Waals surface area contributed by atoms with Crippen LogP contribution in [0, 0.1) is 39.0 Å². The number of anilines is 4. The number of thiazole rings is 2. The van der Waals surface area contributed by atoms with Crippen LogP contribution in [0.15, 0.2) is 58.8 Å². The van der Waals surface area contributed by atoms with E-state index in [2.05, 4.69) is 61.8 Å². The first kappa shape index (κ1) is 32.3. The molecule has 0 spiro atoms. The van der Waals surface area contributed by atoms with Crippen LogP contribution in [0.5, 0.6) is 0 Å². The molecular formula is C37H36N10S2. The average molecular weight is 685 g/mol. The minimum absolute atomic E-state index is 0.322. The van der Waals surface area contributed by atoms with Gasteiger partial charge in [-0.15, -0.1) is 10.2 Å². The number of fused-ring (bicyclic) bond motifs is 2. The van der Waals surface area contributed by atoms with Crippen LogP contribution in [-0.2, 0) is 11.8 Å². The molecule has 1 aliphatic carbocycles. The van der Waals surface area contributed by atoms with E-state index >= 15 is 0 Å². The van der Waals surface area contributed by atoms with Crippen LogP contribution in [0.3, 0.4) is 0 Å². The number of allylic oxidation sites excluding steroid dienone is 1. The highest BCUT2D eigenvalue weighted by molar-refractivity contribution is 7.20. The number of para-hydroxylation sites is 1. The highest BCUT2D eigenvalue weighted by Crippen LogP contribution is 2.40. The molecule has 4 aromatic heterocycles. The number of nitrogens with zero attached hydrogens (tertiary/aromatic N) is 8. The number of aryl methyl sites for hydroxylation is 5. The molecule has 0 saturated heterocycles. The maximum Gasteiger partial charge on any atom is 0.213 e. The van der Waals surface area contributed by atoms with E-state index in [9.17, 15) is 5.26 Å². The number of nitriles is 1. The number of pyridine rings is 1. The van der Waals surface area contributed by atoms with E-state index in [1.54, 1.807) is 16.0 Å². The summed E-state index contributed by atoms with van der Waals surface area (Å²) in [6.07, 6.45) is 6.26. The first-order chi connectivity index (χ1) is 23.5. The van der Waals surface area contributed by atoms with Crippen molar-refractivity contribution in [3.8, 4) is 11.2 Å². The molecule has 0 saturated carbocycles. The van der Waals surface area contributed by atoms with Gasteiger partial charge in [0.25, 0.3) is 0 Å². The van der Waals surface area contributed by atoms with Gasteiger partial charge < -0.3 is 10.6 Å². The number of benzene rings is 2. The largest absolute Gasteiger partial charge is 0.338 e. The van der Waals surface area contributed by atoms with Gasteiger partial charge in [-0.25, -0.2) is 15.0 Å². The lowest BCUT2D eigenvalue weighted by Gasteiger charge is -2.17. The zero-order valence-corrected chi connectivity index (χ0v) is 30.1. The van der Waals surface area contributed by atoms with Crippen molar-refractivity contribution < 1.29 is 0 Å². The number of hydrogen-bond donors (Lipinski definition) is 2. The molecule has 246 valence electrons. The van der Waals surface area contributed by atoms with Gasteiger partial charge in [-0.1, -0.05) is 79.3 Å². The van der Waals surface area contributed by atoms with Crippen LogP contribution in [0.4, 0.5) is 34.0 Å². The van der Waals surface area contributed by atoms with Crippen molar-refractivity contribution >= 4 is 72.9 Å². The predicted octanol–water partition coefficient (Wildman–Crippen LogP) is 10.6. The standard InChI is InChI=1S/C37H36N10S2/c1-20-16-21(2)30(22(3)17-20)43-33-31(23(4)18-29(41-33)42-35-39-25-12-8-10-14-27(25)48-35)44-45-34-24(19-38)32(37(5,6)7)46-47(34)36-40-26-13-9-11-15-28(26)49-36/h9-11,13-18H,8,12H2,1-7H3,(H2,39,41,42,43). The lowest BCUT2D eigenvalue weighted by Crippen LogP contribution is -2.14. The van der Waals surface area contributed by atoms with E-state index in [1.807, 2.05) is 58.0 Å². The molecule has 0 aliphatic heterocycles. The Kier molecular flexibility index (Phi) is 8.34. The summed E-state index contributed by atoms with van der Waals surface area (Å²) < 4.78 is 2.66. The van der Waals surface area contributed by atoms with Crippen molar-refractivity contribution in [2.24, 2.45) is 10.2 Å².